The summed E-state index contributed by atoms with van der Waals surface area (Å²) >= 11 is 0. The number of nitrogens with zero attached hydrogens (tertiary/aromatic N) is 1. The highest BCUT2D eigenvalue weighted by Crippen LogP contribution is 2.31. The van der Waals surface area contributed by atoms with Gasteiger partial charge in [-0.1, -0.05) is 12.1 Å². The number of hydrogen-bond donors (Lipinski definition) is 1. The van der Waals surface area contributed by atoms with E-state index in [2.05, 4.69) is 5.32 Å². The smallest absolute Gasteiger partial charge is 0.266 e. The fourth-order valence-corrected chi connectivity index (χ4v) is 2.97. The molecular weight excluding hydrogens is 328 g/mol. The molecule has 0 saturated carbocycles. The van der Waals surface area contributed by atoms with Gasteiger partial charge >= 0.3 is 0 Å². The van der Waals surface area contributed by atoms with E-state index in [1.54, 1.807) is 12.1 Å². The summed E-state index contributed by atoms with van der Waals surface area (Å²) < 4.78 is 0. The van der Waals surface area contributed by atoms with Gasteiger partial charge in [-0.25, -0.2) is 4.90 Å². The van der Waals surface area contributed by atoms with Crippen LogP contribution in [0.5, 0.6) is 0 Å². The maximum Gasteiger partial charge on any atom is 0.266 e. The van der Waals surface area contributed by atoms with Gasteiger partial charge in [0.1, 0.15) is 0 Å². The van der Waals surface area contributed by atoms with Crippen molar-refractivity contribution >= 4 is 23.4 Å². The second-order valence-electron chi connectivity index (χ2n) is 7.70. The highest BCUT2D eigenvalue weighted by molar-refractivity contribution is 6.35. The second kappa shape index (κ2) is 6.09. The summed E-state index contributed by atoms with van der Waals surface area (Å²) in [5, 5.41) is 2.86. The molecule has 0 aliphatic carbocycles. The van der Waals surface area contributed by atoms with E-state index in [1.807, 2.05) is 52.8 Å². The molecule has 0 fully saturated rings. The lowest BCUT2D eigenvalue weighted by Gasteiger charge is -2.20. The van der Waals surface area contributed by atoms with Crippen LogP contribution >= 0.6 is 0 Å². The van der Waals surface area contributed by atoms with Gasteiger partial charge in [-0.15, -0.1) is 0 Å². The van der Waals surface area contributed by atoms with Crippen LogP contribution in [0.4, 0.5) is 5.69 Å². The molecule has 0 unspecified atom stereocenters. The fourth-order valence-electron chi connectivity index (χ4n) is 2.97. The van der Waals surface area contributed by atoms with Crippen LogP contribution in [0.3, 0.4) is 0 Å². The molecule has 0 radical (unpaired) electrons. The van der Waals surface area contributed by atoms with Gasteiger partial charge in [-0.2, -0.15) is 0 Å². The molecule has 1 N–H and O–H groups in total. The summed E-state index contributed by atoms with van der Waals surface area (Å²) in [6.07, 6.45) is 0. The predicted octanol–water partition coefficient (Wildman–Crippen LogP) is 3.63. The Labute approximate surface area is 153 Å². The van der Waals surface area contributed by atoms with Crippen molar-refractivity contribution in [3.8, 4) is 0 Å². The molecule has 5 heteroatoms. The summed E-state index contributed by atoms with van der Waals surface area (Å²) in [7, 11) is 0. The van der Waals surface area contributed by atoms with Crippen molar-refractivity contribution in [3.63, 3.8) is 0 Å². The molecule has 0 saturated heterocycles. The SMILES string of the molecule is Cc1ccc(C)c(N2C(=O)c3ccc(C(=O)NC(C)(C)C)cc3C2=O)c1. The number of carbonyl (C=O) groups excluding carboxylic acids is 3. The van der Waals surface area contributed by atoms with Crippen molar-refractivity contribution in [2.75, 3.05) is 4.90 Å². The maximum absolute atomic E-state index is 12.9. The van der Waals surface area contributed by atoms with E-state index in [9.17, 15) is 14.4 Å². The third kappa shape index (κ3) is 3.12. The minimum absolute atomic E-state index is 0.262. The van der Waals surface area contributed by atoms with Crippen molar-refractivity contribution in [1.29, 1.82) is 0 Å². The van der Waals surface area contributed by atoms with Crippen molar-refractivity contribution in [1.82, 2.24) is 5.32 Å². The highest BCUT2D eigenvalue weighted by Gasteiger charge is 2.38. The van der Waals surface area contributed by atoms with Gasteiger partial charge in [0.2, 0.25) is 0 Å². The number of fused-ring (bicyclic) bond motifs is 1. The van der Waals surface area contributed by atoms with E-state index in [4.69, 9.17) is 0 Å². The van der Waals surface area contributed by atoms with E-state index >= 15 is 0 Å². The molecule has 5 nitrogen and oxygen atoms in total. The molecular formula is C21H22N2O3. The van der Waals surface area contributed by atoms with E-state index < -0.39 is 5.91 Å². The number of nitrogens with one attached hydrogen (secondary N) is 1. The molecule has 1 heterocycles. The predicted molar refractivity (Wildman–Crippen MR) is 101 cm³/mol. The molecule has 1 aliphatic heterocycles. The molecule has 0 bridgehead atoms. The lowest BCUT2D eigenvalue weighted by Crippen LogP contribution is -2.40. The number of aryl methyl sites for hydroxylation is 2. The Morgan fingerprint density at radius 2 is 1.58 bits per heavy atom. The Hall–Kier alpha value is -2.95. The first-order chi connectivity index (χ1) is 12.1. The zero-order chi connectivity index (χ0) is 19.2. The van der Waals surface area contributed by atoms with Crippen LogP contribution < -0.4 is 10.2 Å². The zero-order valence-electron chi connectivity index (χ0n) is 15.6. The van der Waals surface area contributed by atoms with E-state index in [0.717, 1.165) is 11.1 Å². The Bertz CT molecular complexity index is 939. The standard InChI is InChI=1S/C21H22N2O3/c1-12-6-7-13(2)17(10-12)23-19(25)15-9-8-14(11-16(15)20(23)26)18(24)22-21(3,4)5/h6-11H,1-5H3,(H,22,24). The number of imide groups is 1. The second-order valence-corrected chi connectivity index (χ2v) is 7.70. The molecule has 0 atom stereocenters. The third-order valence-corrected chi connectivity index (χ3v) is 4.24. The molecule has 2 aromatic rings. The number of benzene rings is 2. The van der Waals surface area contributed by atoms with Gasteiger partial charge in [0.15, 0.2) is 0 Å². The quantitative estimate of drug-likeness (QED) is 0.841. The fraction of sp³-hybridized carbons (Fsp3) is 0.286. The lowest BCUT2D eigenvalue weighted by molar-refractivity contribution is 0.0912. The maximum atomic E-state index is 12.9. The summed E-state index contributed by atoms with van der Waals surface area (Å²) in [6, 6.07) is 10.3. The number of amides is 3. The zero-order valence-corrected chi connectivity index (χ0v) is 15.6. The van der Waals surface area contributed by atoms with Gasteiger partial charge in [0, 0.05) is 11.1 Å². The molecule has 0 spiro atoms. The summed E-state index contributed by atoms with van der Waals surface area (Å²) in [5.74, 6) is -1.03. The van der Waals surface area contributed by atoms with Crippen LogP contribution in [0.2, 0.25) is 0 Å². The van der Waals surface area contributed by atoms with Crippen LogP contribution in [0.15, 0.2) is 36.4 Å². The van der Waals surface area contributed by atoms with Crippen LogP contribution in [0, 0.1) is 13.8 Å². The number of rotatable bonds is 2. The Morgan fingerprint density at radius 3 is 2.23 bits per heavy atom. The van der Waals surface area contributed by atoms with Crippen molar-refractivity contribution < 1.29 is 14.4 Å². The molecule has 134 valence electrons. The van der Waals surface area contributed by atoms with Crippen LogP contribution in [-0.4, -0.2) is 23.3 Å². The normalized spacial score (nSPS) is 13.8. The van der Waals surface area contributed by atoms with E-state index in [1.165, 1.54) is 11.0 Å². The van der Waals surface area contributed by atoms with Crippen LogP contribution in [0.25, 0.3) is 0 Å². The molecule has 2 aromatic carbocycles. The van der Waals surface area contributed by atoms with E-state index in [0.29, 0.717) is 16.8 Å². The highest BCUT2D eigenvalue weighted by atomic mass is 16.2. The van der Waals surface area contributed by atoms with E-state index in [-0.39, 0.29) is 22.9 Å². The molecule has 1 aliphatic rings. The molecule has 26 heavy (non-hydrogen) atoms. The number of hydrogen-bond acceptors (Lipinski definition) is 3. The summed E-state index contributed by atoms with van der Waals surface area (Å²) in [5.41, 5.74) is 2.95. The van der Waals surface area contributed by atoms with Gasteiger partial charge < -0.3 is 5.32 Å². The number of anilines is 1. The van der Waals surface area contributed by atoms with Crippen LogP contribution in [0.1, 0.15) is 63.0 Å². The average molecular weight is 350 g/mol. The monoisotopic (exact) mass is 350 g/mol. The largest absolute Gasteiger partial charge is 0.347 e. The lowest BCUT2D eigenvalue weighted by atomic mass is 10.0. The van der Waals surface area contributed by atoms with Gasteiger partial charge in [-0.3, -0.25) is 14.4 Å². The van der Waals surface area contributed by atoms with Crippen molar-refractivity contribution in [2.24, 2.45) is 0 Å². The molecule has 0 aromatic heterocycles. The first-order valence-electron chi connectivity index (χ1n) is 8.51. The topological polar surface area (TPSA) is 66.5 Å². The van der Waals surface area contributed by atoms with Crippen LogP contribution in [-0.2, 0) is 0 Å². The third-order valence-electron chi connectivity index (χ3n) is 4.24. The Morgan fingerprint density at radius 1 is 0.923 bits per heavy atom. The van der Waals surface area contributed by atoms with Gasteiger partial charge in [0.25, 0.3) is 17.7 Å². The number of carbonyl (C=O) groups is 3. The average Bonchev–Trinajstić information content (AvgIpc) is 2.79. The van der Waals surface area contributed by atoms with Gasteiger partial charge in [0.05, 0.1) is 16.8 Å². The summed E-state index contributed by atoms with van der Waals surface area (Å²) in [4.78, 5) is 39.3. The molecule has 3 amide bonds. The first kappa shape index (κ1) is 17.9. The Kier molecular flexibility index (Phi) is 4.18. The Balaban J connectivity index is 2.01. The van der Waals surface area contributed by atoms with Gasteiger partial charge in [-0.05, 0) is 70.0 Å². The minimum Gasteiger partial charge on any atom is -0.347 e. The van der Waals surface area contributed by atoms with Crippen molar-refractivity contribution in [2.45, 2.75) is 40.2 Å². The van der Waals surface area contributed by atoms with Crippen molar-refractivity contribution in [3.05, 3.63) is 64.2 Å². The molecule has 3 rings (SSSR count). The minimum atomic E-state index is -0.399. The first-order valence-corrected chi connectivity index (χ1v) is 8.51. The summed E-state index contributed by atoms with van der Waals surface area (Å²) in [6.45, 7) is 9.43.